The lowest BCUT2D eigenvalue weighted by Gasteiger charge is -2.14. The molecule has 0 heterocycles. The summed E-state index contributed by atoms with van der Waals surface area (Å²) < 4.78 is 4.64. The van der Waals surface area contributed by atoms with Crippen LogP contribution in [0.15, 0.2) is 5.10 Å². The number of nitrogens with zero attached hydrogens (tertiary/aromatic N) is 2. The van der Waals surface area contributed by atoms with Gasteiger partial charge in [-0.2, -0.15) is 5.10 Å². The molecule has 0 aliphatic heterocycles. The Morgan fingerprint density at radius 1 is 1.50 bits per heavy atom. The molecule has 16 heavy (non-hydrogen) atoms. The average molecular weight is 232 g/mol. The molecule has 0 aromatic rings. The van der Waals surface area contributed by atoms with E-state index in [9.17, 15) is 0 Å². The Balaban J connectivity index is 3.32. The topological polar surface area (TPSA) is 69.1 Å². The van der Waals surface area contributed by atoms with Crippen molar-refractivity contribution in [1.29, 1.82) is 0 Å². The van der Waals surface area contributed by atoms with E-state index >= 15 is 0 Å². The Morgan fingerprint density at radius 3 is 2.88 bits per heavy atom. The monoisotopic (exact) mass is 232 g/mol. The molecular formula is C10H24N4O2. The van der Waals surface area contributed by atoms with Gasteiger partial charge in [0.2, 0.25) is 0 Å². The largest absolute Gasteiger partial charge is 0.366 e. The average Bonchev–Trinajstić information content (AvgIpc) is 2.30. The molecule has 0 aromatic heterocycles. The van der Waals surface area contributed by atoms with E-state index in [0.717, 1.165) is 26.1 Å². The fourth-order valence-electron chi connectivity index (χ4n) is 1.04. The highest BCUT2D eigenvalue weighted by molar-refractivity contribution is 5.56. The second-order valence-electron chi connectivity index (χ2n) is 3.56. The molecule has 96 valence electrons. The third-order valence-corrected chi connectivity index (χ3v) is 2.10. The van der Waals surface area contributed by atoms with Gasteiger partial charge in [0, 0.05) is 33.0 Å². The highest BCUT2D eigenvalue weighted by Gasteiger charge is 1.97. The Hall–Kier alpha value is -0.690. The van der Waals surface area contributed by atoms with Crippen molar-refractivity contribution >= 4 is 6.21 Å². The second-order valence-corrected chi connectivity index (χ2v) is 3.56. The molecular weight excluding hydrogens is 208 g/mol. The van der Waals surface area contributed by atoms with Crippen molar-refractivity contribution in [3.8, 4) is 0 Å². The molecule has 0 saturated heterocycles. The van der Waals surface area contributed by atoms with Gasteiger partial charge in [-0.25, -0.2) is 0 Å². The zero-order chi connectivity index (χ0) is 12.2. The Bertz CT molecular complexity index is 178. The summed E-state index contributed by atoms with van der Waals surface area (Å²) in [6, 6.07) is 0. The summed E-state index contributed by atoms with van der Waals surface area (Å²) in [5.74, 6) is 0. The highest BCUT2D eigenvalue weighted by Crippen LogP contribution is 1.84. The van der Waals surface area contributed by atoms with Gasteiger partial charge in [0.15, 0.2) is 6.29 Å². The first-order valence-electron chi connectivity index (χ1n) is 5.49. The molecule has 0 aromatic carbocycles. The number of hydrogen-bond donors (Lipinski definition) is 3. The third-order valence-electron chi connectivity index (χ3n) is 2.10. The van der Waals surface area contributed by atoms with E-state index in [1.54, 1.807) is 6.21 Å². The number of ether oxygens (including phenoxy) is 1. The summed E-state index contributed by atoms with van der Waals surface area (Å²) in [5, 5.41) is 16.1. The molecule has 1 atom stereocenters. The predicted octanol–water partition coefficient (Wildman–Crippen LogP) is -0.932. The summed E-state index contributed by atoms with van der Waals surface area (Å²) in [4.78, 5) is 2.23. The number of hydrazone groups is 1. The van der Waals surface area contributed by atoms with Gasteiger partial charge in [0.25, 0.3) is 0 Å². The first-order valence-corrected chi connectivity index (χ1v) is 5.49. The minimum atomic E-state index is -0.796. The molecule has 0 bridgehead atoms. The van der Waals surface area contributed by atoms with E-state index in [-0.39, 0.29) is 0 Å². The maximum absolute atomic E-state index is 9.03. The number of aliphatic hydroxyl groups excluding tert-OH is 1. The molecule has 0 aliphatic carbocycles. The van der Waals surface area contributed by atoms with E-state index in [0.29, 0.717) is 6.54 Å². The molecule has 6 heteroatoms. The maximum atomic E-state index is 9.03. The summed E-state index contributed by atoms with van der Waals surface area (Å²) in [6.07, 6.45) is 1.89. The first-order chi connectivity index (χ1) is 7.70. The van der Waals surface area contributed by atoms with Gasteiger partial charge < -0.3 is 25.5 Å². The first kappa shape index (κ1) is 15.3. The SMILES string of the molecule is CNCCN(C)CC/C=N\NCC(O)OC. The number of aliphatic hydroxyl groups is 1. The fraction of sp³-hybridized carbons (Fsp3) is 0.900. The van der Waals surface area contributed by atoms with E-state index in [1.807, 2.05) is 7.05 Å². The predicted molar refractivity (Wildman–Crippen MR) is 65.6 cm³/mol. The second kappa shape index (κ2) is 10.8. The van der Waals surface area contributed by atoms with E-state index in [2.05, 4.69) is 32.5 Å². The van der Waals surface area contributed by atoms with Crippen molar-refractivity contribution in [1.82, 2.24) is 15.6 Å². The minimum Gasteiger partial charge on any atom is -0.366 e. The number of likely N-dealkylation sites (N-methyl/N-ethyl adjacent to an activating group) is 2. The smallest absolute Gasteiger partial charge is 0.173 e. The summed E-state index contributed by atoms with van der Waals surface area (Å²) in [7, 11) is 5.47. The number of methoxy groups -OCH3 is 1. The van der Waals surface area contributed by atoms with E-state index in [1.165, 1.54) is 7.11 Å². The van der Waals surface area contributed by atoms with Crippen LogP contribution in [0, 0.1) is 0 Å². The highest BCUT2D eigenvalue weighted by atomic mass is 16.6. The zero-order valence-corrected chi connectivity index (χ0v) is 10.4. The minimum absolute atomic E-state index is 0.308. The van der Waals surface area contributed by atoms with Crippen LogP contribution in [0.2, 0.25) is 0 Å². The Morgan fingerprint density at radius 2 is 2.25 bits per heavy atom. The van der Waals surface area contributed by atoms with Crippen LogP contribution >= 0.6 is 0 Å². The molecule has 0 fully saturated rings. The maximum Gasteiger partial charge on any atom is 0.173 e. The van der Waals surface area contributed by atoms with Crippen molar-refractivity contribution in [2.45, 2.75) is 12.7 Å². The molecule has 0 saturated carbocycles. The van der Waals surface area contributed by atoms with Crippen molar-refractivity contribution in [3.05, 3.63) is 0 Å². The van der Waals surface area contributed by atoms with Crippen molar-refractivity contribution in [2.75, 3.05) is 47.4 Å². The summed E-state index contributed by atoms with van der Waals surface area (Å²) in [6.45, 7) is 3.30. The molecule has 0 rings (SSSR count). The van der Waals surface area contributed by atoms with Gasteiger partial charge in [-0.05, 0) is 20.5 Å². The Kier molecular flexibility index (Phi) is 10.3. The van der Waals surface area contributed by atoms with Crippen LogP contribution in [0.4, 0.5) is 0 Å². The van der Waals surface area contributed by atoms with Crippen LogP contribution in [0.1, 0.15) is 6.42 Å². The van der Waals surface area contributed by atoms with Crippen LogP contribution in [0.5, 0.6) is 0 Å². The molecule has 6 nitrogen and oxygen atoms in total. The van der Waals surface area contributed by atoms with Gasteiger partial charge in [0.05, 0.1) is 6.54 Å². The van der Waals surface area contributed by atoms with Gasteiger partial charge in [-0.3, -0.25) is 0 Å². The zero-order valence-electron chi connectivity index (χ0n) is 10.4. The van der Waals surface area contributed by atoms with Crippen molar-refractivity contribution < 1.29 is 9.84 Å². The van der Waals surface area contributed by atoms with E-state index in [4.69, 9.17) is 5.11 Å². The third kappa shape index (κ3) is 9.85. The molecule has 0 spiro atoms. The van der Waals surface area contributed by atoms with Crippen LogP contribution in [-0.2, 0) is 4.74 Å². The number of rotatable bonds is 10. The molecule has 3 N–H and O–H groups in total. The quantitative estimate of drug-likeness (QED) is 0.258. The number of hydrogen-bond acceptors (Lipinski definition) is 6. The fourth-order valence-corrected chi connectivity index (χ4v) is 1.04. The summed E-state index contributed by atoms with van der Waals surface area (Å²) in [5.41, 5.74) is 2.72. The van der Waals surface area contributed by atoms with Gasteiger partial charge in [-0.15, -0.1) is 0 Å². The summed E-state index contributed by atoms with van der Waals surface area (Å²) >= 11 is 0. The van der Waals surface area contributed by atoms with E-state index < -0.39 is 6.29 Å². The molecule has 1 unspecified atom stereocenters. The standard InChI is InChI=1S/C10H24N4O2/c1-11-6-8-14(2)7-4-5-12-13-9-10(15)16-3/h5,10-11,13,15H,4,6-9H2,1-3H3/b12-5-. The van der Waals surface area contributed by atoms with Crippen LogP contribution in [0.25, 0.3) is 0 Å². The molecule has 0 amide bonds. The lowest BCUT2D eigenvalue weighted by Crippen LogP contribution is -2.28. The normalized spacial score (nSPS) is 13.6. The lowest BCUT2D eigenvalue weighted by atomic mass is 10.4. The molecule has 0 aliphatic rings. The number of nitrogens with one attached hydrogen (secondary N) is 2. The van der Waals surface area contributed by atoms with Crippen molar-refractivity contribution in [2.24, 2.45) is 5.10 Å². The van der Waals surface area contributed by atoms with Crippen molar-refractivity contribution in [3.63, 3.8) is 0 Å². The van der Waals surface area contributed by atoms with Crippen LogP contribution in [0.3, 0.4) is 0 Å². The lowest BCUT2D eigenvalue weighted by molar-refractivity contribution is -0.0705. The van der Waals surface area contributed by atoms with Gasteiger partial charge >= 0.3 is 0 Å². The van der Waals surface area contributed by atoms with Crippen LogP contribution < -0.4 is 10.7 Å². The van der Waals surface area contributed by atoms with Crippen LogP contribution in [-0.4, -0.2) is 69.9 Å². The molecule has 0 radical (unpaired) electrons. The Labute approximate surface area is 97.7 Å². The van der Waals surface area contributed by atoms with Gasteiger partial charge in [0.1, 0.15) is 0 Å². The van der Waals surface area contributed by atoms with Gasteiger partial charge in [-0.1, -0.05) is 0 Å².